The Morgan fingerprint density at radius 1 is 1.28 bits per heavy atom. The third-order valence-electron chi connectivity index (χ3n) is 4.33. The van der Waals surface area contributed by atoms with Gasteiger partial charge in [0, 0.05) is 18.4 Å². The number of hydrogen-bond acceptors (Lipinski definition) is 8. The Morgan fingerprint density at radius 2 is 1.93 bits per heavy atom. The Hall–Kier alpha value is -1.91. The average molecular weight is 414 g/mol. The van der Waals surface area contributed by atoms with E-state index in [-0.39, 0.29) is 26.4 Å². The zero-order valence-corrected chi connectivity index (χ0v) is 17.8. The first-order valence-electron chi connectivity index (χ1n) is 9.54. The number of ether oxygens (including phenoxy) is 5. The summed E-state index contributed by atoms with van der Waals surface area (Å²) in [4.78, 5) is 28.7. The predicted octanol–water partition coefficient (Wildman–Crippen LogP) is 2.38. The third kappa shape index (κ3) is 6.28. The third-order valence-corrected chi connectivity index (χ3v) is 4.33. The lowest BCUT2D eigenvalue weighted by atomic mass is 9.97. The summed E-state index contributed by atoms with van der Waals surface area (Å²) < 4.78 is 28.8. The second-order valence-corrected chi connectivity index (χ2v) is 8.40. The van der Waals surface area contributed by atoms with Crippen LogP contribution in [0.15, 0.2) is 5.11 Å². The standard InChI is InChI=1S/C18H30N4O7/c1-11(23)22(16(24)29-17(2,3)4)12-9-26-13(10-25-8-7-20-21-19)15-14(12)27-18(5,6)28-15/h12-15H,7-10H2,1-6H3/t12-,13+,14+,15-/m0/s1. The molecule has 2 aliphatic heterocycles. The van der Waals surface area contributed by atoms with Gasteiger partial charge in [-0.15, -0.1) is 0 Å². The number of hydrogen-bond donors (Lipinski definition) is 0. The van der Waals surface area contributed by atoms with Gasteiger partial charge in [0.15, 0.2) is 5.79 Å². The van der Waals surface area contributed by atoms with Crippen molar-refractivity contribution >= 4 is 12.0 Å². The van der Waals surface area contributed by atoms with E-state index >= 15 is 0 Å². The van der Waals surface area contributed by atoms with Gasteiger partial charge in [0.2, 0.25) is 5.91 Å². The number of carbonyl (C=O) groups is 2. The van der Waals surface area contributed by atoms with E-state index in [0.29, 0.717) is 0 Å². The maximum absolute atomic E-state index is 12.7. The minimum absolute atomic E-state index is 0.0593. The van der Waals surface area contributed by atoms with Crippen molar-refractivity contribution in [1.29, 1.82) is 0 Å². The van der Waals surface area contributed by atoms with Crippen LogP contribution in [0.3, 0.4) is 0 Å². The van der Waals surface area contributed by atoms with Gasteiger partial charge in [0.1, 0.15) is 23.9 Å². The van der Waals surface area contributed by atoms with E-state index in [1.165, 1.54) is 6.92 Å². The lowest BCUT2D eigenvalue weighted by Crippen LogP contribution is -2.61. The van der Waals surface area contributed by atoms with Crippen molar-refractivity contribution in [3.8, 4) is 0 Å². The van der Waals surface area contributed by atoms with Crippen molar-refractivity contribution in [2.45, 2.75) is 77.3 Å². The molecule has 0 N–H and O–H groups in total. The van der Waals surface area contributed by atoms with Crippen LogP contribution >= 0.6 is 0 Å². The lowest BCUT2D eigenvalue weighted by molar-refractivity contribution is -0.161. The zero-order chi connectivity index (χ0) is 21.8. The molecule has 2 saturated heterocycles. The van der Waals surface area contributed by atoms with Gasteiger partial charge in [-0.05, 0) is 40.1 Å². The van der Waals surface area contributed by atoms with Gasteiger partial charge in [-0.1, -0.05) is 5.11 Å². The van der Waals surface area contributed by atoms with Gasteiger partial charge in [-0.25, -0.2) is 9.69 Å². The summed E-state index contributed by atoms with van der Waals surface area (Å²) in [7, 11) is 0. The van der Waals surface area contributed by atoms with Gasteiger partial charge in [-0.2, -0.15) is 0 Å². The molecule has 2 aliphatic rings. The smallest absolute Gasteiger partial charge is 0.417 e. The second kappa shape index (κ2) is 9.27. The van der Waals surface area contributed by atoms with Crippen molar-refractivity contribution in [2.75, 3.05) is 26.4 Å². The topological polar surface area (TPSA) is 132 Å². The Labute approximate surface area is 170 Å². The van der Waals surface area contributed by atoms with Gasteiger partial charge >= 0.3 is 6.09 Å². The van der Waals surface area contributed by atoms with E-state index in [0.717, 1.165) is 4.90 Å². The fraction of sp³-hybridized carbons (Fsp3) is 0.889. The molecule has 2 fully saturated rings. The van der Waals surface area contributed by atoms with E-state index in [4.69, 9.17) is 29.2 Å². The largest absolute Gasteiger partial charge is 0.443 e. The Morgan fingerprint density at radius 3 is 2.52 bits per heavy atom. The van der Waals surface area contributed by atoms with Crippen LogP contribution in [0.25, 0.3) is 10.4 Å². The molecule has 2 amide bonds. The molecule has 11 nitrogen and oxygen atoms in total. The molecule has 0 aromatic heterocycles. The highest BCUT2D eigenvalue weighted by atomic mass is 16.8. The SMILES string of the molecule is CC(=O)N(C(=O)OC(C)(C)C)[C@H]1CO[C@H](COCCN=[N+]=[N-])[C@@H]2OC(C)(C)O[C@@H]21. The molecule has 164 valence electrons. The fourth-order valence-electron chi connectivity index (χ4n) is 3.34. The van der Waals surface area contributed by atoms with E-state index in [2.05, 4.69) is 10.0 Å². The second-order valence-electron chi connectivity index (χ2n) is 8.40. The normalized spacial score (nSPS) is 28.2. The van der Waals surface area contributed by atoms with E-state index in [9.17, 15) is 9.59 Å². The first-order valence-corrected chi connectivity index (χ1v) is 9.54. The fourth-order valence-corrected chi connectivity index (χ4v) is 3.34. The van der Waals surface area contributed by atoms with Crippen LogP contribution in [0.4, 0.5) is 4.79 Å². The summed E-state index contributed by atoms with van der Waals surface area (Å²) in [5, 5.41) is 3.41. The van der Waals surface area contributed by atoms with Gasteiger partial charge in [-0.3, -0.25) is 4.79 Å². The number of fused-ring (bicyclic) bond motifs is 1. The lowest BCUT2D eigenvalue weighted by Gasteiger charge is -2.41. The maximum Gasteiger partial charge on any atom is 0.417 e. The van der Waals surface area contributed by atoms with Crippen LogP contribution in [0.5, 0.6) is 0 Å². The van der Waals surface area contributed by atoms with Crippen LogP contribution in [-0.4, -0.2) is 79.0 Å². The molecule has 0 aromatic carbocycles. The van der Waals surface area contributed by atoms with Crippen molar-refractivity contribution in [1.82, 2.24) is 4.90 Å². The van der Waals surface area contributed by atoms with Crippen LogP contribution in [0.1, 0.15) is 41.5 Å². The maximum atomic E-state index is 12.7. The highest BCUT2D eigenvalue weighted by Crippen LogP contribution is 2.37. The molecule has 0 radical (unpaired) electrons. The monoisotopic (exact) mass is 414 g/mol. The number of nitrogens with zero attached hydrogens (tertiary/aromatic N) is 4. The molecule has 4 atom stereocenters. The van der Waals surface area contributed by atoms with E-state index in [1.54, 1.807) is 34.6 Å². The Bertz CT molecular complexity index is 657. The van der Waals surface area contributed by atoms with Crippen LogP contribution < -0.4 is 0 Å². The zero-order valence-electron chi connectivity index (χ0n) is 17.8. The van der Waals surface area contributed by atoms with Gasteiger partial charge in [0.25, 0.3) is 0 Å². The molecule has 2 heterocycles. The average Bonchev–Trinajstić information content (AvgIpc) is 2.89. The number of amides is 2. The van der Waals surface area contributed by atoms with Crippen molar-refractivity contribution < 1.29 is 33.3 Å². The Balaban J connectivity index is 2.15. The number of carbonyl (C=O) groups excluding carboxylic acids is 2. The molecule has 0 aromatic rings. The summed E-state index contributed by atoms with van der Waals surface area (Å²) in [5.74, 6) is -1.38. The molecule has 0 bridgehead atoms. The van der Waals surface area contributed by atoms with Crippen molar-refractivity contribution in [3.05, 3.63) is 10.4 Å². The molecule has 11 heteroatoms. The quantitative estimate of drug-likeness (QED) is 0.282. The summed E-state index contributed by atoms with van der Waals surface area (Å²) in [6.07, 6.45) is -2.36. The van der Waals surface area contributed by atoms with Gasteiger partial charge < -0.3 is 23.7 Å². The molecule has 0 unspecified atom stereocenters. The molecule has 29 heavy (non-hydrogen) atoms. The number of azide groups is 1. The minimum atomic E-state index is -0.916. The summed E-state index contributed by atoms with van der Waals surface area (Å²) in [6.45, 7) is 10.7. The molecule has 0 spiro atoms. The number of rotatable bonds is 6. The molecular formula is C18H30N4O7. The summed E-state index contributed by atoms with van der Waals surface area (Å²) in [5.41, 5.74) is 7.55. The molecular weight excluding hydrogens is 384 g/mol. The van der Waals surface area contributed by atoms with E-state index < -0.39 is 47.7 Å². The molecule has 2 rings (SSSR count). The predicted molar refractivity (Wildman–Crippen MR) is 101 cm³/mol. The van der Waals surface area contributed by atoms with Crippen molar-refractivity contribution in [2.24, 2.45) is 5.11 Å². The summed E-state index contributed by atoms with van der Waals surface area (Å²) in [6, 6.07) is -0.700. The van der Waals surface area contributed by atoms with Crippen molar-refractivity contribution in [3.63, 3.8) is 0 Å². The molecule has 0 saturated carbocycles. The van der Waals surface area contributed by atoms with Crippen LogP contribution in [0, 0.1) is 0 Å². The van der Waals surface area contributed by atoms with Crippen LogP contribution in [0.2, 0.25) is 0 Å². The minimum Gasteiger partial charge on any atom is -0.443 e. The number of imide groups is 1. The van der Waals surface area contributed by atoms with Crippen LogP contribution in [-0.2, 0) is 28.5 Å². The Kier molecular flexibility index (Phi) is 7.47. The highest BCUT2D eigenvalue weighted by Gasteiger charge is 2.55. The first-order chi connectivity index (χ1) is 13.4. The van der Waals surface area contributed by atoms with E-state index in [1.807, 2.05) is 0 Å². The highest BCUT2D eigenvalue weighted by molar-refractivity contribution is 5.91. The van der Waals surface area contributed by atoms with Gasteiger partial charge in [0.05, 0.1) is 25.9 Å². The molecule has 0 aliphatic carbocycles. The summed E-state index contributed by atoms with van der Waals surface area (Å²) >= 11 is 0. The first kappa shape index (κ1) is 23.4.